The Labute approximate surface area is 186 Å². The van der Waals surface area contributed by atoms with Gasteiger partial charge < -0.3 is 10.2 Å². The zero-order chi connectivity index (χ0) is 21.6. The van der Waals surface area contributed by atoms with Crippen molar-refractivity contribution in [1.82, 2.24) is 0 Å². The normalized spacial score (nSPS) is 13.8. The summed E-state index contributed by atoms with van der Waals surface area (Å²) in [5, 5.41) is 19.9. The summed E-state index contributed by atoms with van der Waals surface area (Å²) in [5.41, 5.74) is -0.719. The molecule has 0 aliphatic heterocycles. The van der Waals surface area contributed by atoms with E-state index in [2.05, 4.69) is 0 Å². The standard InChI is InChI=1S/C19H12Cl4O5S/c20-11-5-3-4-10(8-11)19(29(26,27)28,12-6-1-2-7-15(12)24)16-13(21)9-14(22)18(25)17(16)23/h1-9,24-25H,(H,26,27,28). The van der Waals surface area contributed by atoms with E-state index in [9.17, 15) is 23.2 Å². The Bertz CT molecular complexity index is 1210. The third kappa shape index (κ3) is 3.54. The van der Waals surface area contributed by atoms with Crippen LogP contribution in [0.3, 0.4) is 0 Å². The number of phenolic OH excluding ortho intramolecular Hbond substituents is 2. The molecule has 0 spiro atoms. The first kappa shape index (κ1) is 22.0. The predicted molar refractivity (Wildman–Crippen MR) is 114 cm³/mol. The van der Waals surface area contributed by atoms with E-state index in [0.717, 1.165) is 6.07 Å². The third-order valence-corrected chi connectivity index (χ3v) is 7.02. The molecule has 0 aromatic heterocycles. The molecular formula is C19H12Cl4O5S. The zero-order valence-electron chi connectivity index (χ0n) is 14.3. The lowest BCUT2D eigenvalue weighted by Gasteiger charge is -2.34. The molecule has 1 unspecified atom stereocenters. The van der Waals surface area contributed by atoms with Crippen molar-refractivity contribution in [2.75, 3.05) is 0 Å². The van der Waals surface area contributed by atoms with Gasteiger partial charge in [0.05, 0.1) is 10.0 Å². The monoisotopic (exact) mass is 492 g/mol. The van der Waals surface area contributed by atoms with E-state index in [1.54, 1.807) is 0 Å². The summed E-state index contributed by atoms with van der Waals surface area (Å²) in [4.78, 5) is 0. The topological polar surface area (TPSA) is 94.8 Å². The minimum absolute atomic E-state index is 0.0699. The summed E-state index contributed by atoms with van der Waals surface area (Å²) in [7, 11) is -5.14. The molecule has 0 radical (unpaired) electrons. The summed E-state index contributed by atoms with van der Waals surface area (Å²) >= 11 is 24.6. The number of aromatic hydroxyl groups is 2. The van der Waals surface area contributed by atoms with Crippen LogP contribution < -0.4 is 0 Å². The molecule has 0 saturated carbocycles. The van der Waals surface area contributed by atoms with Crippen molar-refractivity contribution in [1.29, 1.82) is 0 Å². The predicted octanol–water partition coefficient (Wildman–Crippen LogP) is 5.89. The van der Waals surface area contributed by atoms with Crippen LogP contribution in [0.2, 0.25) is 20.1 Å². The van der Waals surface area contributed by atoms with Crippen molar-refractivity contribution in [3.63, 3.8) is 0 Å². The second kappa shape index (κ2) is 7.87. The van der Waals surface area contributed by atoms with Gasteiger partial charge in [-0.15, -0.1) is 0 Å². The molecule has 10 heteroatoms. The van der Waals surface area contributed by atoms with Gasteiger partial charge in [-0.3, -0.25) is 4.55 Å². The summed E-state index contributed by atoms with van der Waals surface area (Å²) in [6, 6.07) is 12.1. The van der Waals surface area contributed by atoms with Crippen molar-refractivity contribution < 1.29 is 23.2 Å². The molecule has 1 atom stereocenters. The highest BCUT2D eigenvalue weighted by molar-refractivity contribution is 7.87. The number of halogens is 4. The molecule has 0 aliphatic rings. The van der Waals surface area contributed by atoms with Gasteiger partial charge in [0.25, 0.3) is 10.1 Å². The fraction of sp³-hybridized carbons (Fsp3) is 0.0526. The SMILES string of the molecule is O=S(=O)(O)C(c1cccc(Cl)c1)(c1ccccc1O)c1c(Cl)cc(Cl)c(O)c1Cl. The average Bonchev–Trinajstić information content (AvgIpc) is 2.63. The van der Waals surface area contributed by atoms with Gasteiger partial charge in [0.15, 0.2) is 10.5 Å². The van der Waals surface area contributed by atoms with Crippen LogP contribution in [0.4, 0.5) is 0 Å². The van der Waals surface area contributed by atoms with Crippen molar-refractivity contribution in [2.45, 2.75) is 4.75 Å². The Morgan fingerprint density at radius 1 is 0.828 bits per heavy atom. The number of hydrogen-bond acceptors (Lipinski definition) is 4. The Balaban J connectivity index is 2.67. The zero-order valence-corrected chi connectivity index (χ0v) is 18.1. The first-order valence-corrected chi connectivity index (χ1v) is 10.9. The molecule has 29 heavy (non-hydrogen) atoms. The molecule has 152 valence electrons. The highest BCUT2D eigenvalue weighted by atomic mass is 35.5. The molecule has 0 aliphatic carbocycles. The summed E-state index contributed by atoms with van der Waals surface area (Å²) < 4.78 is 33.9. The molecule has 3 aromatic rings. The van der Waals surface area contributed by atoms with E-state index in [0.29, 0.717) is 0 Å². The van der Waals surface area contributed by atoms with Crippen LogP contribution in [-0.4, -0.2) is 23.2 Å². The van der Waals surface area contributed by atoms with Crippen LogP contribution in [0.25, 0.3) is 0 Å². The number of rotatable bonds is 4. The van der Waals surface area contributed by atoms with Crippen molar-refractivity contribution in [2.24, 2.45) is 0 Å². The van der Waals surface area contributed by atoms with Crippen LogP contribution in [0, 0.1) is 0 Å². The fourth-order valence-corrected chi connectivity index (χ4v) is 5.93. The maximum Gasteiger partial charge on any atom is 0.283 e. The first-order chi connectivity index (χ1) is 13.5. The number of para-hydroxylation sites is 1. The molecule has 0 heterocycles. The van der Waals surface area contributed by atoms with Gasteiger partial charge in [-0.05, 0) is 29.8 Å². The Morgan fingerprint density at radius 3 is 2.07 bits per heavy atom. The lowest BCUT2D eigenvalue weighted by molar-refractivity contribution is 0.439. The van der Waals surface area contributed by atoms with E-state index < -0.39 is 37.0 Å². The number of benzene rings is 3. The van der Waals surface area contributed by atoms with E-state index in [1.165, 1.54) is 48.5 Å². The van der Waals surface area contributed by atoms with Crippen molar-refractivity contribution in [3.8, 4) is 11.5 Å². The minimum Gasteiger partial charge on any atom is -0.508 e. The van der Waals surface area contributed by atoms with Gasteiger partial charge in [-0.1, -0.05) is 76.7 Å². The summed E-state index contributed by atoms with van der Waals surface area (Å²) in [6.45, 7) is 0. The molecule has 0 fully saturated rings. The van der Waals surface area contributed by atoms with Gasteiger partial charge in [0.1, 0.15) is 5.75 Å². The Kier molecular flexibility index (Phi) is 5.98. The molecule has 3 aromatic carbocycles. The summed E-state index contributed by atoms with van der Waals surface area (Å²) in [6.07, 6.45) is 0. The summed E-state index contributed by atoms with van der Waals surface area (Å²) in [5.74, 6) is -1.11. The van der Waals surface area contributed by atoms with Gasteiger partial charge in [0.2, 0.25) is 0 Å². The number of hydrogen-bond donors (Lipinski definition) is 3. The highest BCUT2D eigenvalue weighted by Gasteiger charge is 2.53. The smallest absolute Gasteiger partial charge is 0.283 e. The number of phenols is 2. The maximum atomic E-state index is 13.0. The van der Waals surface area contributed by atoms with Crippen LogP contribution in [0.1, 0.15) is 16.7 Å². The van der Waals surface area contributed by atoms with Gasteiger partial charge >= 0.3 is 0 Å². The van der Waals surface area contributed by atoms with E-state index in [1.807, 2.05) is 0 Å². The maximum absolute atomic E-state index is 13.0. The van der Waals surface area contributed by atoms with E-state index in [-0.39, 0.29) is 26.2 Å². The average molecular weight is 494 g/mol. The Hall–Kier alpha value is -1.67. The van der Waals surface area contributed by atoms with Crippen LogP contribution >= 0.6 is 46.4 Å². The van der Waals surface area contributed by atoms with E-state index >= 15 is 0 Å². The van der Waals surface area contributed by atoms with Crippen molar-refractivity contribution >= 4 is 56.5 Å². The van der Waals surface area contributed by atoms with Crippen molar-refractivity contribution in [3.05, 3.63) is 91.4 Å². The van der Waals surface area contributed by atoms with Crippen LogP contribution in [0.5, 0.6) is 11.5 Å². The van der Waals surface area contributed by atoms with Crippen LogP contribution in [0.15, 0.2) is 54.6 Å². The van der Waals surface area contributed by atoms with E-state index in [4.69, 9.17) is 46.4 Å². The molecule has 0 bridgehead atoms. The lowest BCUT2D eigenvalue weighted by Crippen LogP contribution is -2.39. The van der Waals surface area contributed by atoms with Gasteiger partial charge in [0, 0.05) is 21.2 Å². The molecule has 3 N–H and O–H groups in total. The minimum atomic E-state index is -5.14. The molecule has 3 rings (SSSR count). The fourth-order valence-electron chi connectivity index (χ4n) is 3.23. The molecule has 5 nitrogen and oxygen atoms in total. The largest absolute Gasteiger partial charge is 0.508 e. The second-order valence-electron chi connectivity index (χ2n) is 6.06. The van der Waals surface area contributed by atoms with Gasteiger partial charge in [-0.2, -0.15) is 8.42 Å². The first-order valence-electron chi connectivity index (χ1n) is 7.90. The Morgan fingerprint density at radius 2 is 1.48 bits per heavy atom. The quantitative estimate of drug-likeness (QED) is 0.311. The highest BCUT2D eigenvalue weighted by Crippen LogP contribution is 2.54. The molecule has 0 amide bonds. The molecular weight excluding hydrogens is 482 g/mol. The third-order valence-electron chi connectivity index (χ3n) is 4.40. The second-order valence-corrected chi connectivity index (χ2v) is 9.25. The van der Waals surface area contributed by atoms with Gasteiger partial charge in [-0.25, -0.2) is 0 Å². The molecule has 0 saturated heterocycles. The lowest BCUT2D eigenvalue weighted by atomic mass is 9.83. The van der Waals surface area contributed by atoms with Crippen LogP contribution in [-0.2, 0) is 14.9 Å².